The second kappa shape index (κ2) is 8.78. The summed E-state index contributed by atoms with van der Waals surface area (Å²) < 4.78 is 9.63. The van der Waals surface area contributed by atoms with Gasteiger partial charge in [0.2, 0.25) is 11.1 Å². The monoisotopic (exact) mass is 330 g/mol. The molecule has 0 spiro atoms. The molecule has 0 saturated carbocycles. The standard InChI is InChI=1S/C15H23ClN2O4/c1-5-10(6-2)13(15(20)21-4)17-12(19)8-7-11-9(3)18-22-14(11)16/h10,13H,5-8H2,1-4H3,(H,17,19)/t13-/m0/s1. The van der Waals surface area contributed by atoms with E-state index in [2.05, 4.69) is 10.5 Å². The molecule has 0 aliphatic heterocycles. The van der Waals surface area contributed by atoms with Gasteiger partial charge in [0.1, 0.15) is 6.04 Å². The molecule has 124 valence electrons. The van der Waals surface area contributed by atoms with Gasteiger partial charge in [0.25, 0.3) is 0 Å². The first-order valence-corrected chi connectivity index (χ1v) is 7.80. The highest BCUT2D eigenvalue weighted by Gasteiger charge is 2.28. The fourth-order valence-corrected chi connectivity index (χ4v) is 2.65. The summed E-state index contributed by atoms with van der Waals surface area (Å²) in [7, 11) is 1.32. The summed E-state index contributed by atoms with van der Waals surface area (Å²) in [6.07, 6.45) is 2.19. The third-order valence-corrected chi connectivity index (χ3v) is 4.13. The van der Waals surface area contributed by atoms with Gasteiger partial charge in [-0.15, -0.1) is 0 Å². The molecule has 1 aromatic heterocycles. The summed E-state index contributed by atoms with van der Waals surface area (Å²) in [5, 5.41) is 6.71. The number of nitrogens with zero attached hydrogens (tertiary/aromatic N) is 1. The van der Waals surface area contributed by atoms with Crippen molar-refractivity contribution in [2.24, 2.45) is 5.92 Å². The van der Waals surface area contributed by atoms with Crippen molar-refractivity contribution < 1.29 is 18.8 Å². The van der Waals surface area contributed by atoms with Gasteiger partial charge in [0.15, 0.2) is 0 Å². The zero-order valence-corrected chi connectivity index (χ0v) is 14.2. The third-order valence-electron chi connectivity index (χ3n) is 3.83. The molecule has 1 rings (SSSR count). The molecule has 22 heavy (non-hydrogen) atoms. The molecule has 7 heteroatoms. The Hall–Kier alpha value is -1.56. The van der Waals surface area contributed by atoms with Crippen molar-refractivity contribution in [1.82, 2.24) is 10.5 Å². The van der Waals surface area contributed by atoms with Crippen molar-refractivity contribution in [3.8, 4) is 0 Å². The van der Waals surface area contributed by atoms with E-state index in [1.165, 1.54) is 7.11 Å². The van der Waals surface area contributed by atoms with Crippen LogP contribution in [0.25, 0.3) is 0 Å². The van der Waals surface area contributed by atoms with Gasteiger partial charge in [-0.2, -0.15) is 0 Å². The van der Waals surface area contributed by atoms with Crippen molar-refractivity contribution in [2.45, 2.75) is 52.5 Å². The summed E-state index contributed by atoms with van der Waals surface area (Å²) in [4.78, 5) is 24.0. The van der Waals surface area contributed by atoms with E-state index in [0.29, 0.717) is 17.7 Å². The lowest BCUT2D eigenvalue weighted by molar-refractivity contribution is -0.146. The Morgan fingerprint density at radius 2 is 2.00 bits per heavy atom. The Labute approximate surface area is 135 Å². The van der Waals surface area contributed by atoms with Crippen molar-refractivity contribution in [3.63, 3.8) is 0 Å². The van der Waals surface area contributed by atoms with Crippen LogP contribution >= 0.6 is 11.6 Å². The minimum absolute atomic E-state index is 0.0531. The number of hydrogen-bond donors (Lipinski definition) is 1. The molecule has 1 N–H and O–H groups in total. The Morgan fingerprint density at radius 1 is 1.36 bits per heavy atom. The number of ether oxygens (including phenoxy) is 1. The van der Waals surface area contributed by atoms with Gasteiger partial charge >= 0.3 is 5.97 Å². The van der Waals surface area contributed by atoms with Crippen molar-refractivity contribution in [2.75, 3.05) is 7.11 Å². The Morgan fingerprint density at radius 3 is 2.45 bits per heavy atom. The first-order valence-electron chi connectivity index (χ1n) is 7.42. The topological polar surface area (TPSA) is 81.4 Å². The molecule has 1 aromatic rings. The molecule has 0 bridgehead atoms. The van der Waals surface area contributed by atoms with Crippen molar-refractivity contribution >= 4 is 23.5 Å². The molecule has 0 aromatic carbocycles. The van der Waals surface area contributed by atoms with E-state index in [1.807, 2.05) is 13.8 Å². The molecule has 1 amide bonds. The summed E-state index contributed by atoms with van der Waals surface area (Å²) in [6.45, 7) is 5.73. The molecule has 6 nitrogen and oxygen atoms in total. The van der Waals surface area contributed by atoms with Crippen LogP contribution in [0, 0.1) is 12.8 Å². The Bertz CT molecular complexity index is 492. The quantitative estimate of drug-likeness (QED) is 0.741. The number of aryl methyl sites for hydroxylation is 1. The zero-order valence-electron chi connectivity index (χ0n) is 13.4. The van der Waals surface area contributed by atoms with Crippen LogP contribution < -0.4 is 5.32 Å². The molecular weight excluding hydrogens is 308 g/mol. The number of rotatable bonds is 8. The van der Waals surface area contributed by atoms with Gasteiger partial charge in [0.05, 0.1) is 12.8 Å². The minimum Gasteiger partial charge on any atom is -0.467 e. The third kappa shape index (κ3) is 4.73. The van der Waals surface area contributed by atoms with Crippen LogP contribution in [0.4, 0.5) is 0 Å². The van der Waals surface area contributed by atoms with Gasteiger partial charge in [-0.05, 0) is 30.9 Å². The number of carbonyl (C=O) groups is 2. The smallest absolute Gasteiger partial charge is 0.328 e. The van der Waals surface area contributed by atoms with Crippen LogP contribution in [0.1, 0.15) is 44.4 Å². The fraction of sp³-hybridized carbons (Fsp3) is 0.667. The highest BCUT2D eigenvalue weighted by Crippen LogP contribution is 2.21. The Kier molecular flexibility index (Phi) is 7.38. The predicted octanol–water partition coefficient (Wildman–Crippen LogP) is 2.66. The van der Waals surface area contributed by atoms with E-state index in [9.17, 15) is 9.59 Å². The van der Waals surface area contributed by atoms with E-state index in [0.717, 1.165) is 12.8 Å². The zero-order chi connectivity index (χ0) is 16.7. The lowest BCUT2D eigenvalue weighted by Gasteiger charge is -2.24. The number of hydrogen-bond acceptors (Lipinski definition) is 5. The molecule has 0 saturated heterocycles. The highest BCUT2D eigenvalue weighted by molar-refractivity contribution is 6.29. The minimum atomic E-state index is -0.619. The first kappa shape index (κ1) is 18.5. The summed E-state index contributed by atoms with van der Waals surface area (Å²) in [5.74, 6) is -0.586. The number of methoxy groups -OCH3 is 1. The molecule has 0 unspecified atom stereocenters. The van der Waals surface area contributed by atoms with Crippen LogP contribution in [0.3, 0.4) is 0 Å². The summed E-state index contributed by atoms with van der Waals surface area (Å²) >= 11 is 5.87. The number of halogens is 1. The number of aromatic nitrogens is 1. The van der Waals surface area contributed by atoms with Gasteiger partial charge in [-0.25, -0.2) is 4.79 Å². The van der Waals surface area contributed by atoms with Crippen molar-refractivity contribution in [3.05, 3.63) is 16.5 Å². The number of esters is 1. The average molecular weight is 331 g/mol. The van der Waals surface area contributed by atoms with Gasteiger partial charge in [-0.3, -0.25) is 4.79 Å². The largest absolute Gasteiger partial charge is 0.467 e. The van der Waals surface area contributed by atoms with Gasteiger partial charge < -0.3 is 14.6 Å². The molecule has 0 aliphatic carbocycles. The van der Waals surface area contributed by atoms with Crippen molar-refractivity contribution in [1.29, 1.82) is 0 Å². The maximum atomic E-state index is 12.1. The molecule has 0 radical (unpaired) electrons. The second-order valence-corrected chi connectivity index (χ2v) is 5.51. The van der Waals surface area contributed by atoms with Crippen LogP contribution in [0.5, 0.6) is 0 Å². The Balaban J connectivity index is 2.65. The van der Waals surface area contributed by atoms with E-state index >= 15 is 0 Å². The summed E-state index contributed by atoms with van der Waals surface area (Å²) in [6, 6.07) is -0.619. The van der Waals surface area contributed by atoms with E-state index in [-0.39, 0.29) is 23.5 Å². The molecular formula is C15H23ClN2O4. The highest BCUT2D eigenvalue weighted by atomic mass is 35.5. The predicted molar refractivity (Wildman–Crippen MR) is 82.6 cm³/mol. The van der Waals surface area contributed by atoms with E-state index < -0.39 is 12.0 Å². The molecule has 0 aliphatic rings. The number of amides is 1. The normalized spacial score (nSPS) is 12.3. The average Bonchev–Trinajstić information content (AvgIpc) is 2.83. The molecule has 0 fully saturated rings. The van der Waals surface area contributed by atoms with Crippen LogP contribution in [-0.2, 0) is 20.7 Å². The summed E-state index contributed by atoms with van der Waals surface area (Å²) in [5.41, 5.74) is 1.39. The van der Waals surface area contributed by atoms with Crippen LogP contribution in [0.15, 0.2) is 4.52 Å². The van der Waals surface area contributed by atoms with Crippen LogP contribution in [0.2, 0.25) is 5.22 Å². The number of nitrogens with one attached hydrogen (secondary N) is 1. The molecule has 1 atom stereocenters. The molecule has 1 heterocycles. The lowest BCUT2D eigenvalue weighted by Crippen LogP contribution is -2.46. The van der Waals surface area contributed by atoms with Gasteiger partial charge in [0, 0.05) is 12.0 Å². The SMILES string of the molecule is CCC(CC)[C@H](NC(=O)CCc1c(C)noc1Cl)C(=O)OC. The first-order chi connectivity index (χ1) is 10.4. The van der Waals surface area contributed by atoms with E-state index in [4.69, 9.17) is 20.9 Å². The lowest BCUT2D eigenvalue weighted by atomic mass is 9.94. The second-order valence-electron chi connectivity index (χ2n) is 5.17. The maximum Gasteiger partial charge on any atom is 0.328 e. The number of carbonyl (C=O) groups excluding carboxylic acids is 2. The maximum absolute atomic E-state index is 12.1. The van der Waals surface area contributed by atoms with Gasteiger partial charge in [-0.1, -0.05) is 31.8 Å². The van der Waals surface area contributed by atoms with Crippen LogP contribution in [-0.4, -0.2) is 30.2 Å². The van der Waals surface area contributed by atoms with E-state index in [1.54, 1.807) is 6.92 Å². The fourth-order valence-electron chi connectivity index (χ4n) is 2.38.